The van der Waals surface area contributed by atoms with E-state index >= 15 is 0 Å². The second-order valence-corrected chi connectivity index (χ2v) is 5.75. The minimum absolute atomic E-state index is 0. The smallest absolute Gasteiger partial charge is 0.255 e. The summed E-state index contributed by atoms with van der Waals surface area (Å²) in [5.74, 6) is -0.409. The predicted octanol–water partition coefficient (Wildman–Crippen LogP) is 3.67. The molecule has 2 amide bonds. The Balaban J connectivity index is 0.00000196. The van der Waals surface area contributed by atoms with Gasteiger partial charge in [-0.3, -0.25) is 14.6 Å². The number of halogens is 1. The number of benzene rings is 2. The van der Waals surface area contributed by atoms with Crippen molar-refractivity contribution in [1.82, 2.24) is 10.3 Å². The molecule has 2 heterocycles. The summed E-state index contributed by atoms with van der Waals surface area (Å²) < 4.78 is 0. The molecule has 130 valence electrons. The number of pyridine rings is 1. The highest BCUT2D eigenvalue weighted by Crippen LogP contribution is 2.33. The van der Waals surface area contributed by atoms with Gasteiger partial charge in [-0.05, 0) is 47.0 Å². The lowest BCUT2D eigenvalue weighted by atomic mass is 9.96. The Labute approximate surface area is 156 Å². The zero-order valence-electron chi connectivity index (χ0n) is 13.7. The van der Waals surface area contributed by atoms with Crippen molar-refractivity contribution in [2.45, 2.75) is 6.54 Å². The number of carbonyl (C=O) groups is 2. The van der Waals surface area contributed by atoms with E-state index in [0.29, 0.717) is 23.4 Å². The van der Waals surface area contributed by atoms with Gasteiger partial charge in [-0.15, -0.1) is 12.4 Å². The third-order valence-corrected chi connectivity index (χ3v) is 4.24. The number of rotatable bonds is 3. The normalized spacial score (nSPS) is 11.9. The first-order valence-corrected chi connectivity index (χ1v) is 7.95. The molecule has 0 atom stereocenters. The summed E-state index contributed by atoms with van der Waals surface area (Å²) in [4.78, 5) is 28.8. The first-order valence-electron chi connectivity index (χ1n) is 7.95. The minimum Gasteiger partial charge on any atom is -0.348 e. The summed E-state index contributed by atoms with van der Waals surface area (Å²) >= 11 is 0. The van der Waals surface area contributed by atoms with Crippen LogP contribution in [0.3, 0.4) is 0 Å². The molecule has 0 fully saturated rings. The molecule has 0 radical (unpaired) electrons. The largest absolute Gasteiger partial charge is 0.348 e. The zero-order chi connectivity index (χ0) is 17.2. The molecule has 2 N–H and O–H groups in total. The van der Waals surface area contributed by atoms with Gasteiger partial charge in [0.2, 0.25) is 0 Å². The molecule has 2 aromatic carbocycles. The van der Waals surface area contributed by atoms with Crippen molar-refractivity contribution in [3.05, 3.63) is 83.7 Å². The van der Waals surface area contributed by atoms with E-state index in [1.807, 2.05) is 24.3 Å². The van der Waals surface area contributed by atoms with Gasteiger partial charge in [-0.2, -0.15) is 0 Å². The van der Waals surface area contributed by atoms with Crippen molar-refractivity contribution in [3.63, 3.8) is 0 Å². The van der Waals surface area contributed by atoms with Crippen molar-refractivity contribution < 1.29 is 9.59 Å². The van der Waals surface area contributed by atoms with Crippen molar-refractivity contribution in [1.29, 1.82) is 0 Å². The quantitative estimate of drug-likeness (QED) is 0.744. The average Bonchev–Trinajstić information content (AvgIpc) is 3.06. The number of hydrogen-bond acceptors (Lipinski definition) is 3. The Morgan fingerprint density at radius 3 is 2.46 bits per heavy atom. The van der Waals surface area contributed by atoms with E-state index in [9.17, 15) is 9.59 Å². The summed E-state index contributed by atoms with van der Waals surface area (Å²) in [6.07, 6.45) is 3.44. The summed E-state index contributed by atoms with van der Waals surface area (Å²) in [7, 11) is 0. The number of amides is 2. The van der Waals surface area contributed by atoms with Gasteiger partial charge in [-0.25, -0.2) is 0 Å². The number of hydrogen-bond donors (Lipinski definition) is 2. The Morgan fingerprint density at radius 2 is 1.73 bits per heavy atom. The van der Waals surface area contributed by atoms with Gasteiger partial charge in [-0.1, -0.05) is 24.3 Å². The standard InChI is InChI=1S/C20H15N3O2.ClH/c24-19(14-4-2-1-3-5-14)23-17-7-6-15(13-8-10-21-11-9-13)16-12-22-20(25)18(16)17;/h1-11H,12H2,(H,22,25)(H,23,24);1H. The maximum atomic E-state index is 12.4. The van der Waals surface area contributed by atoms with E-state index in [-0.39, 0.29) is 24.2 Å². The number of aromatic nitrogens is 1. The van der Waals surface area contributed by atoms with Gasteiger partial charge in [0.25, 0.3) is 11.8 Å². The van der Waals surface area contributed by atoms with Gasteiger partial charge in [0.1, 0.15) is 0 Å². The fourth-order valence-electron chi connectivity index (χ4n) is 3.04. The van der Waals surface area contributed by atoms with Crippen LogP contribution in [0.25, 0.3) is 11.1 Å². The number of nitrogens with zero attached hydrogens (tertiary/aromatic N) is 1. The molecular weight excluding hydrogens is 350 g/mol. The van der Waals surface area contributed by atoms with Gasteiger partial charge < -0.3 is 10.6 Å². The second-order valence-electron chi connectivity index (χ2n) is 5.75. The minimum atomic E-state index is -0.237. The Morgan fingerprint density at radius 1 is 1.00 bits per heavy atom. The first kappa shape index (κ1) is 17.6. The summed E-state index contributed by atoms with van der Waals surface area (Å²) in [5, 5.41) is 5.70. The van der Waals surface area contributed by atoms with Crippen molar-refractivity contribution >= 4 is 29.9 Å². The fraction of sp³-hybridized carbons (Fsp3) is 0.0500. The highest BCUT2D eigenvalue weighted by molar-refractivity contribution is 6.11. The molecule has 1 aliphatic rings. The van der Waals surface area contributed by atoms with E-state index in [0.717, 1.165) is 16.7 Å². The molecule has 0 saturated heterocycles. The highest BCUT2D eigenvalue weighted by atomic mass is 35.5. The van der Waals surface area contributed by atoms with E-state index in [2.05, 4.69) is 15.6 Å². The summed E-state index contributed by atoms with van der Waals surface area (Å²) in [6, 6.07) is 16.4. The maximum absolute atomic E-state index is 12.4. The van der Waals surface area contributed by atoms with E-state index < -0.39 is 0 Å². The van der Waals surface area contributed by atoms with Crippen LogP contribution in [-0.4, -0.2) is 16.8 Å². The van der Waals surface area contributed by atoms with Crippen LogP contribution < -0.4 is 10.6 Å². The lowest BCUT2D eigenvalue weighted by Gasteiger charge is -2.12. The van der Waals surface area contributed by atoms with Crippen LogP contribution in [0.15, 0.2) is 67.0 Å². The monoisotopic (exact) mass is 365 g/mol. The number of carbonyl (C=O) groups excluding carboxylic acids is 2. The molecule has 1 aliphatic heterocycles. The van der Waals surface area contributed by atoms with E-state index in [1.165, 1.54) is 0 Å². The van der Waals surface area contributed by atoms with Crippen LogP contribution in [0.5, 0.6) is 0 Å². The van der Waals surface area contributed by atoms with Crippen LogP contribution in [0.1, 0.15) is 26.3 Å². The zero-order valence-corrected chi connectivity index (χ0v) is 14.5. The van der Waals surface area contributed by atoms with E-state index in [4.69, 9.17) is 0 Å². The lowest BCUT2D eigenvalue weighted by molar-refractivity contribution is 0.0966. The third kappa shape index (κ3) is 3.17. The topological polar surface area (TPSA) is 71.1 Å². The number of fused-ring (bicyclic) bond motifs is 1. The number of anilines is 1. The molecule has 0 bridgehead atoms. The van der Waals surface area contributed by atoms with Crippen molar-refractivity contribution in [3.8, 4) is 11.1 Å². The van der Waals surface area contributed by atoms with Gasteiger partial charge in [0.15, 0.2) is 0 Å². The van der Waals surface area contributed by atoms with Crippen LogP contribution in [0.2, 0.25) is 0 Å². The molecule has 1 aromatic heterocycles. The molecule has 26 heavy (non-hydrogen) atoms. The predicted molar refractivity (Wildman–Crippen MR) is 102 cm³/mol. The molecule has 6 heteroatoms. The molecule has 0 unspecified atom stereocenters. The molecule has 0 spiro atoms. The second kappa shape index (κ2) is 7.37. The summed E-state index contributed by atoms with van der Waals surface area (Å²) in [5.41, 5.74) is 4.45. The van der Waals surface area contributed by atoms with Crippen LogP contribution in [0.4, 0.5) is 5.69 Å². The summed E-state index contributed by atoms with van der Waals surface area (Å²) in [6.45, 7) is 0.445. The van der Waals surface area contributed by atoms with Gasteiger partial charge in [0, 0.05) is 24.5 Å². The Hall–Kier alpha value is -3.18. The van der Waals surface area contributed by atoms with Crippen LogP contribution in [-0.2, 0) is 6.54 Å². The van der Waals surface area contributed by atoms with Crippen molar-refractivity contribution in [2.24, 2.45) is 0 Å². The molecule has 3 aromatic rings. The van der Waals surface area contributed by atoms with Crippen LogP contribution in [0, 0.1) is 0 Å². The molecule has 0 saturated carbocycles. The SMILES string of the molecule is Cl.O=C(Nc1ccc(-c2ccncc2)c2c1C(=O)NC2)c1ccccc1. The van der Waals surface area contributed by atoms with Gasteiger partial charge in [0.05, 0.1) is 11.3 Å². The average molecular weight is 366 g/mol. The third-order valence-electron chi connectivity index (χ3n) is 4.24. The fourth-order valence-corrected chi connectivity index (χ4v) is 3.04. The highest BCUT2D eigenvalue weighted by Gasteiger charge is 2.26. The molecule has 5 nitrogen and oxygen atoms in total. The lowest BCUT2D eigenvalue weighted by Crippen LogP contribution is -2.17. The molecule has 0 aliphatic carbocycles. The maximum Gasteiger partial charge on any atom is 0.255 e. The Kier molecular flexibility index (Phi) is 5.00. The first-order chi connectivity index (χ1) is 12.2. The Bertz CT molecular complexity index is 960. The molecular formula is C20H16ClN3O2. The van der Waals surface area contributed by atoms with Crippen molar-refractivity contribution in [2.75, 3.05) is 5.32 Å². The van der Waals surface area contributed by atoms with E-state index in [1.54, 1.807) is 42.7 Å². The molecule has 4 rings (SSSR count). The van der Waals surface area contributed by atoms with Gasteiger partial charge >= 0.3 is 0 Å². The van der Waals surface area contributed by atoms with Crippen LogP contribution >= 0.6 is 12.4 Å². The number of nitrogens with one attached hydrogen (secondary N) is 2.